The average molecular weight is 1290 g/mol. The van der Waals surface area contributed by atoms with Crippen LogP contribution in [0.1, 0.15) is 82.4 Å². The Morgan fingerprint density at radius 2 is 1.35 bits per heavy atom. The fourth-order valence-corrected chi connectivity index (χ4v) is 12.4. The van der Waals surface area contributed by atoms with Gasteiger partial charge in [0.15, 0.2) is 40.6 Å². The molecule has 4 aromatic heterocycles. The van der Waals surface area contributed by atoms with Crippen LogP contribution in [-0.2, 0) is 78.4 Å². The number of amides is 6. The largest absolute Gasteiger partial charge is 0.472 e. The van der Waals surface area contributed by atoms with Gasteiger partial charge in [-0.05, 0) is 42.7 Å². The lowest BCUT2D eigenvalue weighted by molar-refractivity contribution is -0.137. The second-order valence-corrected chi connectivity index (χ2v) is 24.4. The van der Waals surface area contributed by atoms with Gasteiger partial charge in [-0.15, -0.1) is 0 Å². The third kappa shape index (κ3) is 15.8. The average Bonchev–Trinajstić information content (AvgIpc) is 1.90. The number of aromatic nitrogens is 8. The highest BCUT2D eigenvalue weighted by atomic mass is 31.2. The van der Waals surface area contributed by atoms with Crippen molar-refractivity contribution in [3.05, 3.63) is 80.9 Å². The first kappa shape index (κ1) is 65.3. The molecule has 0 saturated carbocycles. The number of benzene rings is 1. The number of aliphatic hydroxyl groups excluding tert-OH is 1. The summed E-state index contributed by atoms with van der Waals surface area (Å²) in [6.07, 6.45) is -7.11. The molecular weight excluding hydrogens is 1220 g/mol. The van der Waals surface area contributed by atoms with E-state index in [1.807, 2.05) is 0 Å². The summed E-state index contributed by atoms with van der Waals surface area (Å²) in [6, 6.07) is 2.72. The molecule has 0 spiro atoms. The van der Waals surface area contributed by atoms with Crippen LogP contribution in [0.3, 0.4) is 0 Å². The molecule has 3 fully saturated rings. The van der Waals surface area contributed by atoms with Crippen LogP contribution >= 0.6 is 15.6 Å². The van der Waals surface area contributed by atoms with E-state index in [0.717, 1.165) is 26.7 Å². The first-order valence-corrected chi connectivity index (χ1v) is 30.9. The number of rotatable bonds is 23. The molecule has 36 nitrogen and oxygen atoms in total. The molecular formula is C51H65N15O21P2. The number of nitrogens with zero attached hydrogens (tertiary/aromatic N) is 7. The summed E-state index contributed by atoms with van der Waals surface area (Å²) in [6.45, 7) is 1.45. The molecule has 8 heterocycles. The second-order valence-electron chi connectivity index (χ2n) is 21.6. The van der Waals surface area contributed by atoms with Gasteiger partial charge in [0.05, 0.1) is 31.9 Å². The lowest BCUT2D eigenvalue weighted by atomic mass is 9.88. The topological polar surface area (TPSA) is 523 Å². The van der Waals surface area contributed by atoms with Gasteiger partial charge in [-0.2, -0.15) is 9.97 Å². The molecule has 480 valence electrons. The number of carbonyl (C=O) groups excluding carboxylic acids is 7. The van der Waals surface area contributed by atoms with Crippen molar-refractivity contribution in [2.45, 2.75) is 127 Å². The molecule has 0 aliphatic carbocycles. The Balaban J connectivity index is 0.860. The fourth-order valence-electron chi connectivity index (χ4n) is 10.5. The molecule has 14 N–H and O–H groups in total. The van der Waals surface area contributed by atoms with Gasteiger partial charge in [0.2, 0.25) is 17.8 Å². The van der Waals surface area contributed by atoms with E-state index in [2.05, 4.69) is 45.9 Å². The number of hydrogen-bond donors (Lipinski definition) is 11. The number of unbranched alkanes of at least 4 members (excludes halogenated alkanes) is 2. The minimum atomic E-state index is -5.40. The quantitative estimate of drug-likeness (QED) is 0.0226. The number of hydrogen-bond acceptors (Lipinski definition) is 25. The van der Waals surface area contributed by atoms with Gasteiger partial charge in [0.1, 0.15) is 49.0 Å². The van der Waals surface area contributed by atoms with Gasteiger partial charge < -0.3 is 62.3 Å². The Morgan fingerprint density at radius 3 is 1.94 bits per heavy atom. The SMILES string of the molecule is CC(C)[C@H](CC(=O)CCCCCN1C(=O)C=CC1=O)C(=O)N[C@@H](CCCNC(N)=O)C(=O)Cc1ccc(COC(=O)NC2[C@H]3OP(=O)(O)OC[C@H]4O[C@@H](n5cnc6c(=O)[nH]c(N)nc65)[C@@H](O)C4OP(=O)(O)OC[C@H]3O[C@H]2n2cnc3c(=O)[nH]c(N)nc32)cc1. The summed E-state index contributed by atoms with van der Waals surface area (Å²) in [7, 11) is -10.7. The number of fused-ring (bicyclic) bond motifs is 4. The number of ketones is 2. The van der Waals surface area contributed by atoms with Gasteiger partial charge in [-0.1, -0.05) is 44.5 Å². The van der Waals surface area contributed by atoms with Crippen LogP contribution in [-0.4, -0.2) is 169 Å². The van der Waals surface area contributed by atoms with Crippen LogP contribution in [0.15, 0.2) is 58.7 Å². The van der Waals surface area contributed by atoms with Gasteiger partial charge in [0.25, 0.3) is 22.9 Å². The van der Waals surface area contributed by atoms with E-state index in [1.165, 1.54) is 12.2 Å². The Morgan fingerprint density at radius 1 is 0.787 bits per heavy atom. The number of ether oxygens (including phenoxy) is 3. The number of nitrogens with one attached hydrogen (secondary N) is 5. The molecule has 6 amide bonds. The molecule has 9 rings (SSSR count). The van der Waals surface area contributed by atoms with Gasteiger partial charge >= 0.3 is 27.8 Å². The van der Waals surface area contributed by atoms with Crippen molar-refractivity contribution in [1.29, 1.82) is 0 Å². The third-order valence-corrected chi connectivity index (χ3v) is 16.9. The molecule has 3 saturated heterocycles. The zero-order valence-electron chi connectivity index (χ0n) is 47.6. The summed E-state index contributed by atoms with van der Waals surface area (Å²) < 4.78 is 69.3. The van der Waals surface area contributed by atoms with Crippen LogP contribution in [0.25, 0.3) is 22.3 Å². The standard InChI is InChI=1S/C51H65N15O21P2/c1-24(2)28(18-27(67)7-4-3-5-16-64-33(69)13-14-34(64)70)43(72)58-29(8-6-15-55-50(54)75)30(68)17-25-9-11-26(12-10-25)19-81-51(76)59-35-39-31(84-46(35)65-22-56-36-41(65)60-48(52)62-44(36)73)20-82-89(79,80)87-40-32(21-83-88(77,78)86-39)85-47(38(40)71)66-23-57-37-42(66)61-49(53)63-45(37)74/h9-14,22-24,28-29,31-32,35,38-40,46-47,71H,3-8,15-21H2,1-2H3,(H,58,72)(H,59,76)(H,77,78)(H,79,80)(H3,54,55,75)(H3,52,60,62,73)(H3,53,61,63,74)/t28-,29-,31+,32+,35?,38-,39-,40?,46+,47+/m0/s1. The van der Waals surface area contributed by atoms with E-state index in [-0.39, 0.29) is 103 Å². The number of H-pyrrole nitrogens is 2. The van der Waals surface area contributed by atoms with Crippen LogP contribution < -0.4 is 44.3 Å². The Bertz CT molecular complexity index is 3740. The summed E-state index contributed by atoms with van der Waals surface area (Å²) in [5.74, 6) is -3.66. The molecule has 4 aliphatic heterocycles. The zero-order valence-corrected chi connectivity index (χ0v) is 49.4. The smallest absolute Gasteiger partial charge is 0.445 e. The summed E-state index contributed by atoms with van der Waals surface area (Å²) in [5, 5.41) is 19.3. The number of alkyl carbamates (subject to hydrolysis) is 1. The van der Waals surface area contributed by atoms with Crippen molar-refractivity contribution in [2.75, 3.05) is 37.8 Å². The Hall–Kier alpha value is -8.15. The monoisotopic (exact) mass is 1290 g/mol. The number of Topliss-reactive ketones (excluding diaryl/α,β-unsaturated/α-hetero) is 2. The van der Waals surface area contributed by atoms with Crippen molar-refractivity contribution in [3.8, 4) is 0 Å². The number of anilines is 2. The Labute approximate surface area is 502 Å². The number of aliphatic hydroxyl groups is 1. The maximum absolute atomic E-state index is 14.0. The van der Waals surface area contributed by atoms with E-state index >= 15 is 0 Å². The first-order valence-electron chi connectivity index (χ1n) is 27.9. The predicted octanol–water partition coefficient (Wildman–Crippen LogP) is -0.352. The van der Waals surface area contributed by atoms with E-state index in [1.54, 1.807) is 38.1 Å². The zero-order chi connectivity index (χ0) is 64.1. The number of imidazole rings is 2. The van der Waals surface area contributed by atoms with E-state index in [4.69, 9.17) is 49.5 Å². The minimum absolute atomic E-state index is 0.0940. The number of carbonyl (C=O) groups is 7. The number of primary amides is 1. The van der Waals surface area contributed by atoms with E-state index in [9.17, 15) is 67.2 Å². The van der Waals surface area contributed by atoms with Gasteiger partial charge in [-0.3, -0.25) is 75.7 Å². The number of nitrogens with two attached hydrogens (primary N) is 3. The van der Waals surface area contributed by atoms with Crippen LogP contribution in [0.2, 0.25) is 0 Å². The molecule has 5 aromatic rings. The van der Waals surface area contributed by atoms with Crippen molar-refractivity contribution in [3.63, 3.8) is 0 Å². The molecule has 1 aromatic carbocycles. The lowest BCUT2D eigenvalue weighted by Crippen LogP contribution is -2.48. The van der Waals surface area contributed by atoms with Crippen LogP contribution in [0.5, 0.6) is 0 Å². The van der Waals surface area contributed by atoms with Crippen molar-refractivity contribution >= 4 is 91.3 Å². The summed E-state index contributed by atoms with van der Waals surface area (Å²) in [4.78, 5) is 160. The number of aromatic amines is 2. The fraction of sp³-hybridized carbons (Fsp3) is 0.510. The summed E-state index contributed by atoms with van der Waals surface area (Å²) >= 11 is 0. The van der Waals surface area contributed by atoms with Gasteiger partial charge in [-0.25, -0.2) is 28.7 Å². The molecule has 0 radical (unpaired) electrons. The van der Waals surface area contributed by atoms with Crippen LogP contribution in [0, 0.1) is 11.8 Å². The van der Waals surface area contributed by atoms with E-state index in [0.29, 0.717) is 30.4 Å². The molecule has 89 heavy (non-hydrogen) atoms. The summed E-state index contributed by atoms with van der Waals surface area (Å²) in [5.41, 5.74) is 15.3. The van der Waals surface area contributed by atoms with Gasteiger partial charge in [0, 0.05) is 50.4 Å². The molecule has 4 aliphatic rings. The third-order valence-electron chi connectivity index (χ3n) is 15.0. The highest BCUT2D eigenvalue weighted by Crippen LogP contribution is 2.54. The molecule has 38 heteroatoms. The number of phosphoric acid groups is 2. The maximum atomic E-state index is 14.0. The predicted molar refractivity (Wildman–Crippen MR) is 304 cm³/mol. The van der Waals surface area contributed by atoms with Crippen molar-refractivity contribution in [2.24, 2.45) is 17.6 Å². The molecule has 12 atom stereocenters. The minimum Gasteiger partial charge on any atom is -0.445 e. The lowest BCUT2D eigenvalue weighted by Gasteiger charge is -2.29. The normalized spacial score (nSPS) is 26.1. The highest BCUT2D eigenvalue weighted by Gasteiger charge is 2.55. The van der Waals surface area contributed by atoms with Crippen LogP contribution in [0.4, 0.5) is 21.5 Å². The molecule has 4 unspecified atom stereocenters. The number of urea groups is 1. The first-order chi connectivity index (χ1) is 42.2. The number of nitrogen functional groups attached to an aromatic ring is 2. The highest BCUT2D eigenvalue weighted by molar-refractivity contribution is 7.47. The second kappa shape index (κ2) is 27.7. The maximum Gasteiger partial charge on any atom is 0.472 e. The van der Waals surface area contributed by atoms with Crippen molar-refractivity contribution in [1.82, 2.24) is 59.9 Å². The number of imide groups is 1. The molecule has 0 bridgehead atoms. The Kier molecular flexibility index (Phi) is 20.3. The van der Waals surface area contributed by atoms with E-state index < -0.39 is 131 Å². The van der Waals surface area contributed by atoms with Crippen molar-refractivity contribution < 1.29 is 89.9 Å². The number of phosphoric ester groups is 2.